The molecule has 0 atom stereocenters. The monoisotopic (exact) mass is 257 g/mol. The summed E-state index contributed by atoms with van der Waals surface area (Å²) in [6.07, 6.45) is 1.50. The van der Waals surface area contributed by atoms with E-state index in [2.05, 4.69) is 9.97 Å². The van der Waals surface area contributed by atoms with E-state index < -0.39 is 0 Å². The minimum absolute atomic E-state index is 0.539. The van der Waals surface area contributed by atoms with Crippen molar-refractivity contribution in [1.82, 2.24) is 9.97 Å². The van der Waals surface area contributed by atoms with Crippen LogP contribution in [0, 0.1) is 6.92 Å². The number of fused-ring (bicyclic) bond motifs is 1. The summed E-state index contributed by atoms with van der Waals surface area (Å²) in [5, 5.41) is 2.87. The predicted molar refractivity (Wildman–Crippen MR) is 73.1 cm³/mol. The molecule has 0 amide bonds. The van der Waals surface area contributed by atoms with E-state index >= 15 is 0 Å². The number of benzene rings is 1. The van der Waals surface area contributed by atoms with Crippen molar-refractivity contribution in [3.8, 4) is 11.6 Å². The standard InChI is InChI=1S/C13H11N3OS/c1-8-2-3-11(10(14)6-8)17-12-9-4-5-18-13(9)16-7-15-12/h2-7H,14H2,1H3. The highest BCUT2D eigenvalue weighted by Gasteiger charge is 2.08. The van der Waals surface area contributed by atoms with E-state index in [4.69, 9.17) is 10.5 Å². The van der Waals surface area contributed by atoms with E-state index in [0.717, 1.165) is 15.8 Å². The lowest BCUT2D eigenvalue weighted by Gasteiger charge is -2.08. The molecular weight excluding hydrogens is 246 g/mol. The number of thiophene rings is 1. The minimum atomic E-state index is 0.539. The summed E-state index contributed by atoms with van der Waals surface area (Å²) < 4.78 is 5.77. The normalized spacial score (nSPS) is 10.7. The van der Waals surface area contributed by atoms with Gasteiger partial charge >= 0.3 is 0 Å². The lowest BCUT2D eigenvalue weighted by Crippen LogP contribution is -1.94. The van der Waals surface area contributed by atoms with Crippen molar-refractivity contribution in [2.24, 2.45) is 0 Å². The molecule has 2 N–H and O–H groups in total. The van der Waals surface area contributed by atoms with E-state index in [0.29, 0.717) is 17.3 Å². The minimum Gasteiger partial charge on any atom is -0.436 e. The van der Waals surface area contributed by atoms with Gasteiger partial charge in [-0.2, -0.15) is 0 Å². The molecule has 0 saturated heterocycles. The molecule has 4 nitrogen and oxygen atoms in total. The van der Waals surface area contributed by atoms with Gasteiger partial charge in [-0.25, -0.2) is 9.97 Å². The molecular formula is C13H11N3OS. The SMILES string of the molecule is Cc1ccc(Oc2ncnc3sccc23)c(N)c1. The molecule has 90 valence electrons. The number of hydrogen-bond acceptors (Lipinski definition) is 5. The largest absolute Gasteiger partial charge is 0.436 e. The van der Waals surface area contributed by atoms with Crippen molar-refractivity contribution in [3.05, 3.63) is 41.5 Å². The third-order valence-corrected chi connectivity index (χ3v) is 3.42. The quantitative estimate of drug-likeness (QED) is 0.715. The van der Waals surface area contributed by atoms with Gasteiger partial charge in [0.1, 0.15) is 11.2 Å². The molecule has 18 heavy (non-hydrogen) atoms. The summed E-state index contributed by atoms with van der Waals surface area (Å²) in [5.74, 6) is 1.16. The van der Waals surface area contributed by atoms with Crippen molar-refractivity contribution >= 4 is 27.2 Å². The van der Waals surface area contributed by atoms with Crippen LogP contribution in [0.5, 0.6) is 11.6 Å². The van der Waals surface area contributed by atoms with Crippen LogP contribution in [0.1, 0.15) is 5.56 Å². The molecule has 5 heteroatoms. The number of nitrogen functional groups attached to an aromatic ring is 1. The zero-order valence-corrected chi connectivity index (χ0v) is 10.6. The Bertz CT molecular complexity index is 708. The van der Waals surface area contributed by atoms with Crippen molar-refractivity contribution in [2.45, 2.75) is 6.92 Å². The second-order valence-electron chi connectivity index (χ2n) is 3.96. The number of aromatic nitrogens is 2. The van der Waals surface area contributed by atoms with Gasteiger partial charge in [0.25, 0.3) is 0 Å². The number of hydrogen-bond donors (Lipinski definition) is 1. The number of aryl methyl sites for hydroxylation is 1. The number of rotatable bonds is 2. The molecule has 0 aliphatic rings. The van der Waals surface area contributed by atoms with Crippen molar-refractivity contribution in [3.63, 3.8) is 0 Å². The second kappa shape index (κ2) is 4.27. The van der Waals surface area contributed by atoms with Crippen molar-refractivity contribution in [2.75, 3.05) is 5.73 Å². The molecule has 0 radical (unpaired) electrons. The van der Waals surface area contributed by atoms with E-state index in [-0.39, 0.29) is 0 Å². The van der Waals surface area contributed by atoms with Crippen LogP contribution in [0.4, 0.5) is 5.69 Å². The highest BCUT2D eigenvalue weighted by Crippen LogP contribution is 2.32. The van der Waals surface area contributed by atoms with Gasteiger partial charge in [-0.15, -0.1) is 11.3 Å². The Morgan fingerprint density at radius 1 is 1.22 bits per heavy atom. The van der Waals surface area contributed by atoms with Gasteiger partial charge in [0, 0.05) is 0 Å². The molecule has 0 saturated carbocycles. The van der Waals surface area contributed by atoms with Crippen molar-refractivity contribution < 1.29 is 4.74 Å². The first-order chi connectivity index (χ1) is 8.74. The number of nitrogens with zero attached hydrogens (tertiary/aromatic N) is 2. The molecule has 0 unspecified atom stereocenters. The summed E-state index contributed by atoms with van der Waals surface area (Å²) in [7, 11) is 0. The van der Waals surface area contributed by atoms with E-state index in [1.807, 2.05) is 36.6 Å². The van der Waals surface area contributed by atoms with Crippen LogP contribution in [0.2, 0.25) is 0 Å². The molecule has 0 aliphatic heterocycles. The van der Waals surface area contributed by atoms with Gasteiger partial charge in [0.05, 0.1) is 11.1 Å². The zero-order chi connectivity index (χ0) is 12.5. The average molecular weight is 257 g/mol. The first kappa shape index (κ1) is 11.0. The summed E-state index contributed by atoms with van der Waals surface area (Å²) in [6, 6.07) is 7.63. The highest BCUT2D eigenvalue weighted by molar-refractivity contribution is 7.16. The Kier molecular flexibility index (Phi) is 2.60. The topological polar surface area (TPSA) is 61.0 Å². The lowest BCUT2D eigenvalue weighted by atomic mass is 10.2. The van der Waals surface area contributed by atoms with Crippen LogP contribution >= 0.6 is 11.3 Å². The Morgan fingerprint density at radius 3 is 2.94 bits per heavy atom. The van der Waals surface area contributed by atoms with Gasteiger partial charge in [-0.05, 0) is 36.1 Å². The molecule has 0 fully saturated rings. The fourth-order valence-electron chi connectivity index (χ4n) is 1.71. The van der Waals surface area contributed by atoms with Crippen LogP contribution in [0.25, 0.3) is 10.2 Å². The van der Waals surface area contributed by atoms with Crippen molar-refractivity contribution in [1.29, 1.82) is 0 Å². The predicted octanol–water partition coefficient (Wildman–Crippen LogP) is 3.37. The molecule has 3 rings (SSSR count). The Hall–Kier alpha value is -2.14. The summed E-state index contributed by atoms with van der Waals surface area (Å²) >= 11 is 1.56. The Morgan fingerprint density at radius 2 is 2.11 bits per heavy atom. The van der Waals surface area contributed by atoms with Gasteiger partial charge in [-0.1, -0.05) is 6.07 Å². The molecule has 0 aliphatic carbocycles. The molecule has 2 aromatic heterocycles. The second-order valence-corrected chi connectivity index (χ2v) is 4.86. The van der Waals surface area contributed by atoms with Gasteiger partial charge in [0.2, 0.25) is 5.88 Å². The maximum absolute atomic E-state index is 5.92. The van der Waals surface area contributed by atoms with Gasteiger partial charge in [0.15, 0.2) is 5.75 Å². The summed E-state index contributed by atoms with van der Waals surface area (Å²) in [5.41, 5.74) is 7.63. The Balaban J connectivity index is 2.03. The molecule has 2 heterocycles. The van der Waals surface area contributed by atoms with Gasteiger partial charge in [-0.3, -0.25) is 0 Å². The number of anilines is 1. The average Bonchev–Trinajstić information content (AvgIpc) is 2.82. The first-order valence-electron chi connectivity index (χ1n) is 5.46. The smallest absolute Gasteiger partial charge is 0.231 e. The zero-order valence-electron chi connectivity index (χ0n) is 9.75. The third kappa shape index (κ3) is 1.89. The van der Waals surface area contributed by atoms with E-state index in [1.54, 1.807) is 11.3 Å². The molecule has 1 aromatic carbocycles. The number of ether oxygens (including phenoxy) is 1. The molecule has 0 bridgehead atoms. The summed E-state index contributed by atoms with van der Waals surface area (Å²) in [4.78, 5) is 9.24. The lowest BCUT2D eigenvalue weighted by molar-refractivity contribution is 0.470. The van der Waals surface area contributed by atoms with Gasteiger partial charge < -0.3 is 10.5 Å². The maximum atomic E-state index is 5.92. The van der Waals surface area contributed by atoms with Crippen LogP contribution < -0.4 is 10.5 Å². The van der Waals surface area contributed by atoms with E-state index in [9.17, 15) is 0 Å². The third-order valence-electron chi connectivity index (χ3n) is 2.60. The first-order valence-corrected chi connectivity index (χ1v) is 6.34. The Labute approximate surface area is 108 Å². The fraction of sp³-hybridized carbons (Fsp3) is 0.0769. The summed E-state index contributed by atoms with van der Waals surface area (Å²) in [6.45, 7) is 1.99. The molecule has 0 spiro atoms. The van der Waals surface area contributed by atoms with E-state index in [1.165, 1.54) is 6.33 Å². The maximum Gasteiger partial charge on any atom is 0.231 e. The highest BCUT2D eigenvalue weighted by atomic mass is 32.1. The van der Waals surface area contributed by atoms with Crippen LogP contribution in [-0.4, -0.2) is 9.97 Å². The number of nitrogens with two attached hydrogens (primary N) is 1. The fourth-order valence-corrected chi connectivity index (χ4v) is 2.44. The van der Waals surface area contributed by atoms with Crippen LogP contribution in [0.3, 0.4) is 0 Å². The molecule has 3 aromatic rings. The van der Waals surface area contributed by atoms with Crippen LogP contribution in [0.15, 0.2) is 36.0 Å². The van der Waals surface area contributed by atoms with Crippen LogP contribution in [-0.2, 0) is 0 Å².